The molecular weight excluding hydrogens is 396 g/mol. The standard InChI is InChI=1S/C25H28O6/c1-13-5-4-8-25(2,3)16(13)10-15-18(27)11-22-23(24(15)30)20(29)12-21(31-22)14-6-7-17(26)19(28)9-14/h6-7,9,11,16,21,26-28,30H,1,4-5,8,10,12H2,2-3H3. The monoisotopic (exact) mass is 424 g/mol. The number of Topliss-reactive ketones (excluding diaryl/α,β-unsaturated/α-hetero) is 1. The lowest BCUT2D eigenvalue weighted by Crippen LogP contribution is -2.31. The molecule has 2 aromatic carbocycles. The zero-order valence-corrected chi connectivity index (χ0v) is 17.8. The van der Waals surface area contributed by atoms with E-state index in [4.69, 9.17) is 4.74 Å². The van der Waals surface area contributed by atoms with Crippen molar-refractivity contribution in [3.05, 3.63) is 53.1 Å². The van der Waals surface area contributed by atoms with E-state index in [0.29, 0.717) is 17.5 Å². The zero-order chi connectivity index (χ0) is 22.5. The number of ketones is 1. The number of carbonyl (C=O) groups is 1. The predicted molar refractivity (Wildman–Crippen MR) is 116 cm³/mol. The van der Waals surface area contributed by atoms with Gasteiger partial charge >= 0.3 is 0 Å². The molecule has 1 fully saturated rings. The van der Waals surface area contributed by atoms with Gasteiger partial charge in [0.05, 0.1) is 6.42 Å². The second-order valence-electron chi connectivity index (χ2n) is 9.34. The minimum atomic E-state index is -0.701. The van der Waals surface area contributed by atoms with Gasteiger partial charge < -0.3 is 25.2 Å². The summed E-state index contributed by atoms with van der Waals surface area (Å²) in [7, 11) is 0. The second-order valence-corrected chi connectivity index (χ2v) is 9.34. The van der Waals surface area contributed by atoms with Crippen LogP contribution in [-0.4, -0.2) is 26.2 Å². The van der Waals surface area contributed by atoms with Gasteiger partial charge in [-0.3, -0.25) is 4.79 Å². The first-order valence-corrected chi connectivity index (χ1v) is 10.6. The van der Waals surface area contributed by atoms with Crippen LogP contribution in [-0.2, 0) is 6.42 Å². The molecule has 1 aliphatic carbocycles. The molecule has 6 heteroatoms. The van der Waals surface area contributed by atoms with E-state index in [2.05, 4.69) is 20.4 Å². The van der Waals surface area contributed by atoms with Gasteiger partial charge in [0.1, 0.15) is 28.9 Å². The van der Waals surface area contributed by atoms with Crippen LogP contribution in [0.3, 0.4) is 0 Å². The van der Waals surface area contributed by atoms with E-state index >= 15 is 0 Å². The molecule has 2 unspecified atom stereocenters. The second kappa shape index (κ2) is 7.52. The van der Waals surface area contributed by atoms with E-state index in [1.54, 1.807) is 6.07 Å². The number of rotatable bonds is 3. The topological polar surface area (TPSA) is 107 Å². The smallest absolute Gasteiger partial charge is 0.174 e. The first-order valence-electron chi connectivity index (χ1n) is 10.6. The van der Waals surface area contributed by atoms with Gasteiger partial charge in [-0.05, 0) is 54.7 Å². The molecule has 0 spiro atoms. The van der Waals surface area contributed by atoms with Gasteiger partial charge in [0, 0.05) is 11.6 Å². The molecule has 2 aromatic rings. The van der Waals surface area contributed by atoms with Crippen molar-refractivity contribution in [2.75, 3.05) is 0 Å². The Morgan fingerprint density at radius 2 is 1.84 bits per heavy atom. The molecule has 2 atom stereocenters. The van der Waals surface area contributed by atoms with Crippen molar-refractivity contribution in [3.8, 4) is 28.7 Å². The number of hydrogen-bond acceptors (Lipinski definition) is 6. The van der Waals surface area contributed by atoms with Crippen LogP contribution in [0.1, 0.15) is 67.1 Å². The molecule has 164 valence electrons. The molecule has 1 aliphatic heterocycles. The lowest BCUT2D eigenvalue weighted by Gasteiger charge is -2.40. The molecule has 2 aliphatic rings. The van der Waals surface area contributed by atoms with E-state index in [1.165, 1.54) is 18.2 Å². The molecule has 1 saturated carbocycles. The summed E-state index contributed by atoms with van der Waals surface area (Å²) in [5.41, 5.74) is 2.01. The Hall–Kier alpha value is -3.15. The fraction of sp³-hybridized carbons (Fsp3) is 0.400. The van der Waals surface area contributed by atoms with Crippen molar-refractivity contribution in [2.45, 2.75) is 52.1 Å². The van der Waals surface area contributed by atoms with Gasteiger partial charge in [-0.1, -0.05) is 32.1 Å². The third-order valence-corrected chi connectivity index (χ3v) is 6.80. The summed E-state index contributed by atoms with van der Waals surface area (Å²) in [6.07, 6.45) is 2.70. The Kier molecular flexibility index (Phi) is 5.12. The first kappa shape index (κ1) is 21.1. The highest BCUT2D eigenvalue weighted by Crippen LogP contribution is 2.50. The van der Waals surface area contributed by atoms with E-state index < -0.39 is 6.10 Å². The molecule has 0 bridgehead atoms. The first-order chi connectivity index (χ1) is 14.6. The van der Waals surface area contributed by atoms with E-state index in [1.807, 2.05) is 0 Å². The predicted octanol–water partition coefficient (Wildman–Crippen LogP) is 5.14. The van der Waals surface area contributed by atoms with Crippen LogP contribution >= 0.6 is 0 Å². The maximum absolute atomic E-state index is 12.9. The van der Waals surface area contributed by atoms with Gasteiger partial charge in [-0.2, -0.15) is 0 Å². The largest absolute Gasteiger partial charge is 0.507 e. The summed E-state index contributed by atoms with van der Waals surface area (Å²) in [5.74, 6) is -1.04. The highest BCUT2D eigenvalue weighted by molar-refractivity contribution is 6.03. The zero-order valence-electron chi connectivity index (χ0n) is 17.8. The molecule has 0 radical (unpaired) electrons. The van der Waals surface area contributed by atoms with Gasteiger partial charge in [0.15, 0.2) is 17.3 Å². The SMILES string of the molecule is C=C1CCCC(C)(C)C1Cc1c(O)cc2c(c1O)C(=O)CC(c1ccc(O)c(O)c1)O2. The lowest BCUT2D eigenvalue weighted by atomic mass is 9.64. The van der Waals surface area contributed by atoms with Crippen LogP contribution < -0.4 is 4.74 Å². The number of hydrogen-bond donors (Lipinski definition) is 4. The van der Waals surface area contributed by atoms with Gasteiger partial charge in [-0.15, -0.1) is 0 Å². The van der Waals surface area contributed by atoms with Crippen LogP contribution in [0.4, 0.5) is 0 Å². The quantitative estimate of drug-likeness (QED) is 0.401. The fourth-order valence-corrected chi connectivity index (χ4v) is 4.92. The maximum atomic E-state index is 12.9. The van der Waals surface area contributed by atoms with Gasteiger partial charge in [-0.25, -0.2) is 0 Å². The molecule has 1 heterocycles. The average Bonchev–Trinajstić information content (AvgIpc) is 2.68. The Bertz CT molecular complexity index is 1070. The van der Waals surface area contributed by atoms with Crippen molar-refractivity contribution in [3.63, 3.8) is 0 Å². The summed E-state index contributed by atoms with van der Waals surface area (Å²) in [5, 5.41) is 40.9. The molecule has 0 amide bonds. The minimum absolute atomic E-state index is 0.0173. The van der Waals surface area contributed by atoms with Crippen LogP contribution in [0.5, 0.6) is 28.7 Å². The van der Waals surface area contributed by atoms with Crippen molar-refractivity contribution >= 4 is 5.78 Å². The van der Waals surface area contributed by atoms with Crippen LogP contribution in [0.15, 0.2) is 36.4 Å². The van der Waals surface area contributed by atoms with Crippen LogP contribution in [0.2, 0.25) is 0 Å². The van der Waals surface area contributed by atoms with Crippen molar-refractivity contribution in [1.29, 1.82) is 0 Å². The lowest BCUT2D eigenvalue weighted by molar-refractivity contribution is 0.0843. The van der Waals surface area contributed by atoms with Crippen LogP contribution in [0, 0.1) is 11.3 Å². The fourth-order valence-electron chi connectivity index (χ4n) is 4.92. The molecule has 0 saturated heterocycles. The summed E-state index contributed by atoms with van der Waals surface area (Å²) >= 11 is 0. The molecular formula is C25H28O6. The minimum Gasteiger partial charge on any atom is -0.507 e. The highest BCUT2D eigenvalue weighted by Gasteiger charge is 2.38. The number of allylic oxidation sites excluding steroid dienone is 1. The number of aromatic hydroxyl groups is 4. The van der Waals surface area contributed by atoms with Crippen molar-refractivity contribution in [2.24, 2.45) is 11.3 Å². The molecule has 31 heavy (non-hydrogen) atoms. The van der Waals surface area contributed by atoms with Gasteiger partial charge in [0.2, 0.25) is 0 Å². The summed E-state index contributed by atoms with van der Waals surface area (Å²) < 4.78 is 5.90. The number of carbonyl (C=O) groups excluding carboxylic acids is 1. The Morgan fingerprint density at radius 1 is 1.10 bits per heavy atom. The number of phenols is 4. The van der Waals surface area contributed by atoms with E-state index in [9.17, 15) is 25.2 Å². The third-order valence-electron chi connectivity index (χ3n) is 6.80. The summed E-state index contributed by atoms with van der Waals surface area (Å²) in [4.78, 5) is 12.9. The Morgan fingerprint density at radius 3 is 2.52 bits per heavy atom. The molecule has 0 aromatic heterocycles. The maximum Gasteiger partial charge on any atom is 0.174 e. The number of fused-ring (bicyclic) bond motifs is 1. The highest BCUT2D eigenvalue weighted by atomic mass is 16.5. The summed E-state index contributed by atoms with van der Waals surface area (Å²) in [6.45, 7) is 8.55. The molecule has 6 nitrogen and oxygen atoms in total. The molecule has 4 rings (SSSR count). The van der Waals surface area contributed by atoms with Gasteiger partial charge in [0.25, 0.3) is 0 Å². The van der Waals surface area contributed by atoms with Crippen LogP contribution in [0.25, 0.3) is 0 Å². The Labute approximate surface area is 181 Å². The van der Waals surface area contributed by atoms with E-state index in [0.717, 1.165) is 24.8 Å². The third kappa shape index (κ3) is 3.71. The molecule has 4 N–H and O–H groups in total. The number of ether oxygens (including phenoxy) is 1. The normalized spacial score (nSPS) is 22.6. The summed E-state index contributed by atoms with van der Waals surface area (Å²) in [6, 6.07) is 5.60. The van der Waals surface area contributed by atoms with E-state index in [-0.39, 0.29) is 57.8 Å². The average molecular weight is 424 g/mol. The van der Waals surface area contributed by atoms with Crippen molar-refractivity contribution in [1.82, 2.24) is 0 Å². The number of benzene rings is 2. The number of phenolic OH excluding ortho intramolecular Hbond substituents is 4. The van der Waals surface area contributed by atoms with Crippen molar-refractivity contribution < 1.29 is 30.0 Å². The Balaban J connectivity index is 1.68.